The van der Waals surface area contributed by atoms with Gasteiger partial charge in [-0.05, 0) is 19.3 Å². The summed E-state index contributed by atoms with van der Waals surface area (Å²) in [7, 11) is 0. The summed E-state index contributed by atoms with van der Waals surface area (Å²) >= 11 is 0. The number of rotatable bonds is 4. The number of piperidine rings is 1. The van der Waals surface area contributed by atoms with Gasteiger partial charge in [0.2, 0.25) is 11.8 Å². The van der Waals surface area contributed by atoms with Crippen LogP contribution in [0.25, 0.3) is 0 Å². The van der Waals surface area contributed by atoms with Crippen molar-refractivity contribution >= 4 is 24.2 Å². The maximum atomic E-state index is 11.9. The lowest BCUT2D eigenvalue weighted by Crippen LogP contribution is -2.48. The molecule has 2 rings (SSSR count). The number of ether oxygens (including phenoxy) is 1. The normalized spacial score (nSPS) is 22.8. The molecule has 2 aliphatic rings. The largest absolute Gasteiger partial charge is 0.366 e. The van der Waals surface area contributed by atoms with Crippen LogP contribution in [0.5, 0.6) is 0 Å². The number of hydrogen-bond donors (Lipinski definition) is 2. The van der Waals surface area contributed by atoms with Crippen LogP contribution in [0.15, 0.2) is 0 Å². The van der Waals surface area contributed by atoms with Gasteiger partial charge in [0.1, 0.15) is 6.10 Å². The van der Waals surface area contributed by atoms with Crippen molar-refractivity contribution in [1.29, 1.82) is 0 Å². The molecule has 0 aliphatic carbocycles. The van der Waals surface area contributed by atoms with E-state index in [9.17, 15) is 9.59 Å². The van der Waals surface area contributed by atoms with Crippen molar-refractivity contribution in [2.24, 2.45) is 0 Å². The number of morpholine rings is 1. The number of nitrogens with one attached hydrogen (secondary N) is 2. The molecule has 2 amide bonds. The van der Waals surface area contributed by atoms with E-state index in [1.54, 1.807) is 0 Å². The summed E-state index contributed by atoms with van der Waals surface area (Å²) in [6.07, 6.45) is 3.37. The van der Waals surface area contributed by atoms with Crippen molar-refractivity contribution < 1.29 is 14.3 Å². The molecule has 7 heteroatoms. The average Bonchev–Trinajstić information content (AvgIpc) is 2.49. The van der Waals surface area contributed by atoms with Crippen LogP contribution < -0.4 is 10.6 Å². The molecule has 0 aromatic heterocycles. The Labute approximate surface area is 126 Å². The first-order valence-electron chi connectivity index (χ1n) is 7.15. The molecule has 2 saturated heterocycles. The Hall–Kier alpha value is -0.850. The summed E-state index contributed by atoms with van der Waals surface area (Å²) in [6.45, 7) is 4.02. The first-order chi connectivity index (χ1) is 9.27. The van der Waals surface area contributed by atoms with Gasteiger partial charge < -0.3 is 20.3 Å². The molecule has 1 atom stereocenters. The van der Waals surface area contributed by atoms with Crippen molar-refractivity contribution in [1.82, 2.24) is 15.5 Å². The Morgan fingerprint density at radius 1 is 1.25 bits per heavy atom. The molecule has 20 heavy (non-hydrogen) atoms. The molecule has 1 unspecified atom stereocenters. The van der Waals surface area contributed by atoms with Crippen molar-refractivity contribution in [3.8, 4) is 0 Å². The van der Waals surface area contributed by atoms with Gasteiger partial charge in [-0.3, -0.25) is 9.59 Å². The van der Waals surface area contributed by atoms with Crippen LogP contribution in [0.3, 0.4) is 0 Å². The number of likely N-dealkylation sites (tertiary alicyclic amines) is 1. The molecule has 2 fully saturated rings. The Morgan fingerprint density at radius 3 is 2.65 bits per heavy atom. The monoisotopic (exact) mass is 305 g/mol. The summed E-state index contributed by atoms with van der Waals surface area (Å²) in [5.74, 6) is 0.0151. The third kappa shape index (κ3) is 5.26. The molecule has 0 spiro atoms. The van der Waals surface area contributed by atoms with Crippen LogP contribution >= 0.6 is 12.4 Å². The maximum Gasteiger partial charge on any atom is 0.250 e. The molecule has 2 N–H and O–H groups in total. The van der Waals surface area contributed by atoms with E-state index in [4.69, 9.17) is 4.74 Å². The van der Waals surface area contributed by atoms with E-state index < -0.39 is 6.10 Å². The van der Waals surface area contributed by atoms with Gasteiger partial charge in [0.25, 0.3) is 0 Å². The molecule has 6 nitrogen and oxygen atoms in total. The highest BCUT2D eigenvalue weighted by Crippen LogP contribution is 2.09. The zero-order valence-corrected chi connectivity index (χ0v) is 12.5. The number of amides is 2. The van der Waals surface area contributed by atoms with Gasteiger partial charge in [-0.15, -0.1) is 12.4 Å². The second kappa shape index (κ2) is 9.15. The van der Waals surface area contributed by atoms with Crippen molar-refractivity contribution in [3.63, 3.8) is 0 Å². The Kier molecular flexibility index (Phi) is 7.87. The minimum absolute atomic E-state index is 0. The van der Waals surface area contributed by atoms with Crippen LogP contribution in [-0.2, 0) is 14.3 Å². The lowest BCUT2D eigenvalue weighted by atomic mass is 10.1. The van der Waals surface area contributed by atoms with E-state index in [1.165, 1.54) is 6.42 Å². The third-order valence-corrected chi connectivity index (χ3v) is 3.57. The number of hydrogen-bond acceptors (Lipinski definition) is 4. The quantitative estimate of drug-likeness (QED) is 0.762. The van der Waals surface area contributed by atoms with E-state index >= 15 is 0 Å². The number of halogens is 1. The van der Waals surface area contributed by atoms with Gasteiger partial charge >= 0.3 is 0 Å². The first kappa shape index (κ1) is 17.2. The average molecular weight is 306 g/mol. The molecular formula is C13H24ClN3O3. The zero-order valence-electron chi connectivity index (χ0n) is 11.7. The third-order valence-electron chi connectivity index (χ3n) is 3.57. The van der Waals surface area contributed by atoms with Gasteiger partial charge in [0.05, 0.1) is 6.61 Å². The summed E-state index contributed by atoms with van der Waals surface area (Å²) in [4.78, 5) is 25.5. The lowest BCUT2D eigenvalue weighted by molar-refractivity contribution is -0.135. The van der Waals surface area contributed by atoms with Crippen molar-refractivity contribution in [3.05, 3.63) is 0 Å². The summed E-state index contributed by atoms with van der Waals surface area (Å²) in [5.41, 5.74) is 0. The second-order valence-corrected chi connectivity index (χ2v) is 5.05. The highest BCUT2D eigenvalue weighted by atomic mass is 35.5. The van der Waals surface area contributed by atoms with Crippen LogP contribution in [0.1, 0.15) is 25.7 Å². The molecule has 0 saturated carbocycles. The summed E-state index contributed by atoms with van der Waals surface area (Å²) in [5, 5.41) is 5.88. The number of carbonyl (C=O) groups is 2. The highest BCUT2D eigenvalue weighted by Gasteiger charge is 2.22. The van der Waals surface area contributed by atoms with Crippen molar-refractivity contribution in [2.45, 2.75) is 31.8 Å². The smallest absolute Gasteiger partial charge is 0.250 e. The molecule has 0 radical (unpaired) electrons. The standard InChI is InChI=1S/C13H23N3O3.ClH/c17-12(16-7-2-1-3-8-16)4-5-15-13(18)11-10-14-6-9-19-11;/h11,14H,1-10H2,(H,15,18);1H. The molecule has 0 aromatic rings. The molecular weight excluding hydrogens is 282 g/mol. The Balaban J connectivity index is 0.00000200. The molecule has 0 aromatic carbocycles. The fourth-order valence-electron chi connectivity index (χ4n) is 2.44. The molecule has 116 valence electrons. The van der Waals surface area contributed by atoms with Gasteiger partial charge in [0, 0.05) is 39.1 Å². The van der Waals surface area contributed by atoms with Crippen molar-refractivity contribution in [2.75, 3.05) is 39.3 Å². The molecule has 2 heterocycles. The van der Waals surface area contributed by atoms with Gasteiger partial charge in [-0.1, -0.05) is 0 Å². The Morgan fingerprint density at radius 2 is 2.00 bits per heavy atom. The van der Waals surface area contributed by atoms with Crippen LogP contribution in [0.4, 0.5) is 0 Å². The van der Waals surface area contributed by atoms with Crippen LogP contribution in [0.2, 0.25) is 0 Å². The minimum Gasteiger partial charge on any atom is -0.366 e. The number of carbonyl (C=O) groups excluding carboxylic acids is 2. The summed E-state index contributed by atoms with van der Waals surface area (Å²) in [6, 6.07) is 0. The molecule has 2 aliphatic heterocycles. The van der Waals surface area contributed by atoms with Gasteiger partial charge in [-0.2, -0.15) is 0 Å². The van der Waals surface area contributed by atoms with Crippen LogP contribution in [0, 0.1) is 0 Å². The fraction of sp³-hybridized carbons (Fsp3) is 0.846. The zero-order chi connectivity index (χ0) is 13.5. The number of nitrogens with zero attached hydrogens (tertiary/aromatic N) is 1. The minimum atomic E-state index is -0.418. The van der Waals surface area contributed by atoms with Crippen LogP contribution in [-0.4, -0.2) is 62.1 Å². The Bertz CT molecular complexity index is 286. The second-order valence-electron chi connectivity index (χ2n) is 5.05. The summed E-state index contributed by atoms with van der Waals surface area (Å²) < 4.78 is 5.34. The fourth-order valence-corrected chi connectivity index (χ4v) is 2.44. The van der Waals surface area contributed by atoms with E-state index in [0.717, 1.165) is 32.5 Å². The first-order valence-corrected chi connectivity index (χ1v) is 7.15. The van der Waals surface area contributed by atoms with E-state index in [2.05, 4.69) is 10.6 Å². The SMILES string of the molecule is Cl.O=C(NCCC(=O)N1CCCCC1)C1CNCCO1. The van der Waals surface area contributed by atoms with E-state index in [-0.39, 0.29) is 24.2 Å². The van der Waals surface area contributed by atoms with Gasteiger partial charge in [0.15, 0.2) is 0 Å². The predicted molar refractivity (Wildman–Crippen MR) is 77.9 cm³/mol. The van der Waals surface area contributed by atoms with E-state index in [1.807, 2.05) is 4.90 Å². The molecule has 0 bridgehead atoms. The maximum absolute atomic E-state index is 11.9. The topological polar surface area (TPSA) is 70.7 Å². The predicted octanol–water partition coefficient (Wildman–Crippen LogP) is -0.0846. The highest BCUT2D eigenvalue weighted by molar-refractivity contribution is 5.85. The van der Waals surface area contributed by atoms with Gasteiger partial charge in [-0.25, -0.2) is 0 Å². The van der Waals surface area contributed by atoms with E-state index in [0.29, 0.717) is 26.1 Å². The lowest BCUT2D eigenvalue weighted by Gasteiger charge is -2.27.